The third-order valence-corrected chi connectivity index (χ3v) is 2.18. The number of alkyl halides is 3. The lowest BCUT2D eigenvalue weighted by molar-refractivity contribution is -0.139. The largest absolute Gasteiger partial charge is 0.417 e. The summed E-state index contributed by atoms with van der Waals surface area (Å²) >= 11 is 0.959. The first-order valence-electron chi connectivity index (χ1n) is 3.55. The van der Waals surface area contributed by atoms with Crippen molar-refractivity contribution in [3.05, 3.63) is 29.8 Å². The monoisotopic (exact) mass is 207 g/mol. The summed E-state index contributed by atoms with van der Waals surface area (Å²) < 4.78 is 39.6. The van der Waals surface area contributed by atoms with Crippen molar-refractivity contribution in [2.45, 2.75) is 11.1 Å². The summed E-state index contributed by atoms with van der Waals surface area (Å²) in [5.41, 5.74) is -0.602. The van der Waals surface area contributed by atoms with Crippen LogP contribution < -0.4 is 4.72 Å². The highest BCUT2D eigenvalue weighted by Crippen LogP contribution is 2.35. The Kier molecular flexibility index (Phi) is 3.22. The van der Waals surface area contributed by atoms with Crippen LogP contribution in [0.1, 0.15) is 5.56 Å². The lowest BCUT2D eigenvalue weighted by Gasteiger charge is -2.10. The molecule has 13 heavy (non-hydrogen) atoms. The maximum absolute atomic E-state index is 12.3. The molecule has 1 nitrogen and oxygen atoms in total. The Morgan fingerprint density at radius 1 is 1.23 bits per heavy atom. The van der Waals surface area contributed by atoms with Crippen molar-refractivity contribution in [2.75, 3.05) is 7.05 Å². The summed E-state index contributed by atoms with van der Waals surface area (Å²) in [5.74, 6) is 0. The van der Waals surface area contributed by atoms with E-state index in [1.807, 2.05) is 0 Å². The summed E-state index contributed by atoms with van der Waals surface area (Å²) in [6, 6.07) is 5.46. The Hall–Kier alpha value is -0.680. The average molecular weight is 207 g/mol. The van der Waals surface area contributed by atoms with Gasteiger partial charge in [-0.1, -0.05) is 12.1 Å². The second-order valence-corrected chi connectivity index (χ2v) is 3.35. The van der Waals surface area contributed by atoms with Crippen molar-refractivity contribution in [1.82, 2.24) is 4.72 Å². The van der Waals surface area contributed by atoms with Gasteiger partial charge in [0.2, 0.25) is 0 Å². The first kappa shape index (κ1) is 10.4. The van der Waals surface area contributed by atoms with Gasteiger partial charge in [0.1, 0.15) is 0 Å². The minimum atomic E-state index is -4.28. The van der Waals surface area contributed by atoms with E-state index in [9.17, 15) is 13.2 Å². The van der Waals surface area contributed by atoms with Crippen LogP contribution in [0.3, 0.4) is 0 Å². The Bertz CT molecular complexity index is 285. The molecular weight excluding hydrogens is 199 g/mol. The number of nitrogens with one attached hydrogen (secondary N) is 1. The molecule has 1 rings (SSSR count). The molecule has 0 aliphatic heterocycles. The van der Waals surface area contributed by atoms with Crippen LogP contribution >= 0.6 is 11.9 Å². The summed E-state index contributed by atoms with van der Waals surface area (Å²) in [6.07, 6.45) is -4.28. The van der Waals surface area contributed by atoms with E-state index in [0.29, 0.717) is 0 Å². The molecule has 0 radical (unpaired) electrons. The van der Waals surface area contributed by atoms with E-state index in [4.69, 9.17) is 0 Å². The predicted molar refractivity (Wildman–Crippen MR) is 46.4 cm³/mol. The number of benzene rings is 1. The normalized spacial score (nSPS) is 11.7. The molecule has 0 atom stereocenters. The van der Waals surface area contributed by atoms with Crippen molar-refractivity contribution in [2.24, 2.45) is 0 Å². The number of halogens is 3. The summed E-state index contributed by atoms with van der Waals surface area (Å²) in [6.45, 7) is 0. The summed E-state index contributed by atoms with van der Waals surface area (Å²) in [5, 5.41) is 0. The quantitative estimate of drug-likeness (QED) is 0.748. The van der Waals surface area contributed by atoms with Gasteiger partial charge in [-0.25, -0.2) is 0 Å². The van der Waals surface area contributed by atoms with Gasteiger partial charge in [-0.05, 0) is 31.1 Å². The van der Waals surface area contributed by atoms with Crippen molar-refractivity contribution in [3.63, 3.8) is 0 Å². The van der Waals surface area contributed by atoms with Gasteiger partial charge in [-0.3, -0.25) is 4.72 Å². The van der Waals surface area contributed by atoms with E-state index in [-0.39, 0.29) is 4.90 Å². The topological polar surface area (TPSA) is 12.0 Å². The van der Waals surface area contributed by atoms with E-state index in [2.05, 4.69) is 4.72 Å². The average Bonchev–Trinajstić information content (AvgIpc) is 2.04. The van der Waals surface area contributed by atoms with Crippen LogP contribution in [0.4, 0.5) is 13.2 Å². The van der Waals surface area contributed by atoms with Crippen molar-refractivity contribution >= 4 is 11.9 Å². The third kappa shape index (κ3) is 2.63. The molecule has 0 fully saturated rings. The molecule has 0 amide bonds. The molecule has 1 aromatic rings. The fourth-order valence-corrected chi connectivity index (χ4v) is 1.56. The van der Waals surface area contributed by atoms with Crippen LogP contribution in [0, 0.1) is 0 Å². The Morgan fingerprint density at radius 3 is 2.38 bits per heavy atom. The maximum Gasteiger partial charge on any atom is 0.417 e. The fourth-order valence-electron chi connectivity index (χ4n) is 0.900. The lowest BCUT2D eigenvalue weighted by atomic mass is 10.2. The summed E-state index contributed by atoms with van der Waals surface area (Å²) in [4.78, 5) is 0.192. The molecule has 72 valence electrons. The van der Waals surface area contributed by atoms with E-state index in [0.717, 1.165) is 18.0 Å². The van der Waals surface area contributed by atoms with E-state index in [1.54, 1.807) is 13.1 Å². The van der Waals surface area contributed by atoms with E-state index in [1.165, 1.54) is 12.1 Å². The third-order valence-electron chi connectivity index (χ3n) is 1.40. The van der Waals surface area contributed by atoms with Crippen molar-refractivity contribution in [3.8, 4) is 0 Å². The van der Waals surface area contributed by atoms with Gasteiger partial charge in [0.05, 0.1) is 5.56 Å². The Labute approximate surface area is 78.5 Å². The van der Waals surface area contributed by atoms with Crippen LogP contribution in [-0.4, -0.2) is 7.05 Å². The van der Waals surface area contributed by atoms with E-state index < -0.39 is 11.7 Å². The molecule has 0 saturated carbocycles. The van der Waals surface area contributed by atoms with Crippen molar-refractivity contribution in [1.29, 1.82) is 0 Å². The molecule has 0 unspecified atom stereocenters. The highest BCUT2D eigenvalue weighted by molar-refractivity contribution is 7.97. The molecule has 0 saturated heterocycles. The van der Waals surface area contributed by atoms with Gasteiger partial charge in [-0.15, -0.1) is 0 Å². The minimum Gasteiger partial charge on any atom is -0.263 e. The van der Waals surface area contributed by atoms with Crippen LogP contribution in [0.2, 0.25) is 0 Å². The van der Waals surface area contributed by atoms with Gasteiger partial charge >= 0.3 is 6.18 Å². The highest BCUT2D eigenvalue weighted by Gasteiger charge is 2.32. The van der Waals surface area contributed by atoms with Gasteiger partial charge < -0.3 is 0 Å². The smallest absolute Gasteiger partial charge is 0.263 e. The SMILES string of the molecule is CNSc1ccccc1C(F)(F)F. The molecule has 0 bridgehead atoms. The molecule has 0 aliphatic rings. The molecule has 5 heteroatoms. The van der Waals surface area contributed by atoms with E-state index >= 15 is 0 Å². The van der Waals surface area contributed by atoms with Crippen LogP contribution in [0.15, 0.2) is 29.2 Å². The molecule has 0 heterocycles. The molecule has 1 aromatic carbocycles. The number of rotatable bonds is 2. The lowest BCUT2D eigenvalue weighted by Crippen LogP contribution is -2.07. The Morgan fingerprint density at radius 2 is 1.85 bits per heavy atom. The Balaban J connectivity index is 3.05. The van der Waals surface area contributed by atoms with Crippen LogP contribution in [0.25, 0.3) is 0 Å². The van der Waals surface area contributed by atoms with Gasteiger partial charge in [0.25, 0.3) is 0 Å². The van der Waals surface area contributed by atoms with Crippen LogP contribution in [0.5, 0.6) is 0 Å². The first-order chi connectivity index (χ1) is 6.05. The first-order valence-corrected chi connectivity index (χ1v) is 4.37. The minimum absolute atomic E-state index is 0.192. The molecular formula is C8H8F3NS. The second-order valence-electron chi connectivity index (χ2n) is 2.30. The highest BCUT2D eigenvalue weighted by atomic mass is 32.2. The zero-order chi connectivity index (χ0) is 9.90. The molecule has 0 aliphatic carbocycles. The molecule has 1 N–H and O–H groups in total. The van der Waals surface area contributed by atoms with Crippen molar-refractivity contribution < 1.29 is 13.2 Å². The zero-order valence-electron chi connectivity index (χ0n) is 6.85. The van der Waals surface area contributed by atoms with Gasteiger partial charge in [-0.2, -0.15) is 13.2 Å². The zero-order valence-corrected chi connectivity index (χ0v) is 7.67. The van der Waals surface area contributed by atoms with Gasteiger partial charge in [0.15, 0.2) is 0 Å². The molecule has 0 spiro atoms. The summed E-state index contributed by atoms with van der Waals surface area (Å²) in [7, 11) is 1.58. The molecule has 0 aromatic heterocycles. The second kappa shape index (κ2) is 4.02. The number of hydrogen-bond donors (Lipinski definition) is 1. The maximum atomic E-state index is 12.3. The fraction of sp³-hybridized carbons (Fsp3) is 0.250. The standard InChI is InChI=1S/C8H8F3NS/c1-12-13-7-5-3-2-4-6(7)8(9,10)11/h2-5,12H,1H3. The number of hydrogen-bond acceptors (Lipinski definition) is 2. The van der Waals surface area contributed by atoms with Gasteiger partial charge in [0, 0.05) is 4.90 Å². The van der Waals surface area contributed by atoms with Crippen LogP contribution in [-0.2, 0) is 6.18 Å². The predicted octanol–water partition coefficient (Wildman–Crippen LogP) is 2.93.